The lowest BCUT2D eigenvalue weighted by atomic mass is 10.1. The van der Waals surface area contributed by atoms with E-state index < -0.39 is 0 Å². The molecular formula is C22H20N2O3S. The van der Waals surface area contributed by atoms with Gasteiger partial charge in [-0.1, -0.05) is 29.8 Å². The van der Waals surface area contributed by atoms with E-state index in [0.717, 1.165) is 16.8 Å². The molecule has 5 nitrogen and oxygen atoms in total. The summed E-state index contributed by atoms with van der Waals surface area (Å²) in [6.45, 7) is 2.05. The van der Waals surface area contributed by atoms with E-state index >= 15 is 0 Å². The zero-order valence-electron chi connectivity index (χ0n) is 16.1. The summed E-state index contributed by atoms with van der Waals surface area (Å²) < 4.78 is 16.1. The number of nitrogens with zero attached hydrogens (tertiary/aromatic N) is 2. The van der Waals surface area contributed by atoms with E-state index in [0.29, 0.717) is 27.8 Å². The molecule has 0 aliphatic heterocycles. The highest BCUT2D eigenvalue weighted by Crippen LogP contribution is 2.39. The number of rotatable bonds is 6. The second-order valence-electron chi connectivity index (χ2n) is 6.03. The van der Waals surface area contributed by atoms with Crippen molar-refractivity contribution in [3.63, 3.8) is 0 Å². The number of nitriles is 1. The van der Waals surface area contributed by atoms with Gasteiger partial charge in [0, 0.05) is 10.9 Å². The largest absolute Gasteiger partial charge is 0.493 e. The van der Waals surface area contributed by atoms with Crippen molar-refractivity contribution in [2.45, 2.75) is 6.92 Å². The van der Waals surface area contributed by atoms with Gasteiger partial charge in [-0.05, 0) is 30.7 Å². The molecule has 0 aliphatic rings. The third kappa shape index (κ3) is 4.00. The minimum absolute atomic E-state index is 0.470. The molecule has 3 rings (SSSR count). The summed E-state index contributed by atoms with van der Waals surface area (Å²) >= 11 is 1.44. The number of aromatic nitrogens is 1. The Morgan fingerprint density at radius 2 is 1.68 bits per heavy atom. The SMILES string of the molecule is COc1cc(C=C(C#N)c2nc(-c3ccc(C)cc3)cs2)cc(OC)c1OC. The zero-order chi connectivity index (χ0) is 20.1. The van der Waals surface area contributed by atoms with Gasteiger partial charge >= 0.3 is 0 Å². The summed E-state index contributed by atoms with van der Waals surface area (Å²) in [5, 5.41) is 12.3. The topological polar surface area (TPSA) is 64.4 Å². The molecule has 0 aliphatic carbocycles. The van der Waals surface area contributed by atoms with Gasteiger partial charge in [-0.25, -0.2) is 4.98 Å². The summed E-state index contributed by atoms with van der Waals surface area (Å²) in [5.74, 6) is 1.58. The zero-order valence-corrected chi connectivity index (χ0v) is 17.0. The Bertz CT molecular complexity index is 1020. The maximum atomic E-state index is 9.67. The van der Waals surface area contributed by atoms with Crippen molar-refractivity contribution in [1.29, 1.82) is 5.26 Å². The van der Waals surface area contributed by atoms with Crippen molar-refractivity contribution < 1.29 is 14.2 Å². The lowest BCUT2D eigenvalue weighted by Crippen LogP contribution is -1.95. The predicted octanol–water partition coefficient (Wildman–Crippen LogP) is 5.21. The maximum Gasteiger partial charge on any atom is 0.203 e. The Hall–Kier alpha value is -3.30. The highest BCUT2D eigenvalue weighted by atomic mass is 32.1. The van der Waals surface area contributed by atoms with Gasteiger partial charge in [-0.3, -0.25) is 0 Å². The van der Waals surface area contributed by atoms with E-state index in [1.54, 1.807) is 39.5 Å². The molecule has 0 N–H and O–H groups in total. The number of thiazole rings is 1. The van der Waals surface area contributed by atoms with Crippen molar-refractivity contribution >= 4 is 23.0 Å². The Morgan fingerprint density at radius 3 is 2.21 bits per heavy atom. The minimum atomic E-state index is 0.470. The molecule has 0 saturated heterocycles. The smallest absolute Gasteiger partial charge is 0.203 e. The summed E-state index contributed by atoms with van der Waals surface area (Å²) in [5.41, 5.74) is 4.30. The Kier molecular flexibility index (Phi) is 5.97. The number of benzene rings is 2. The molecule has 0 amide bonds. The molecule has 1 heterocycles. The van der Waals surface area contributed by atoms with Crippen LogP contribution >= 0.6 is 11.3 Å². The van der Waals surface area contributed by atoms with Crippen LogP contribution in [0, 0.1) is 18.3 Å². The van der Waals surface area contributed by atoms with Crippen molar-refractivity contribution in [3.8, 4) is 34.6 Å². The molecule has 0 unspecified atom stereocenters. The van der Waals surface area contributed by atoms with Gasteiger partial charge in [-0.15, -0.1) is 11.3 Å². The number of methoxy groups -OCH3 is 3. The van der Waals surface area contributed by atoms with Crippen molar-refractivity contribution in [3.05, 3.63) is 57.9 Å². The van der Waals surface area contributed by atoms with Crippen LogP contribution in [0.4, 0.5) is 0 Å². The van der Waals surface area contributed by atoms with Gasteiger partial charge < -0.3 is 14.2 Å². The van der Waals surface area contributed by atoms with Gasteiger partial charge in [0.25, 0.3) is 0 Å². The van der Waals surface area contributed by atoms with Gasteiger partial charge in [0.15, 0.2) is 11.5 Å². The van der Waals surface area contributed by atoms with Crippen molar-refractivity contribution in [2.75, 3.05) is 21.3 Å². The van der Waals surface area contributed by atoms with Crippen LogP contribution in [0.25, 0.3) is 22.9 Å². The van der Waals surface area contributed by atoms with E-state index in [1.165, 1.54) is 16.9 Å². The van der Waals surface area contributed by atoms with Crippen molar-refractivity contribution in [1.82, 2.24) is 4.98 Å². The van der Waals surface area contributed by atoms with Gasteiger partial charge in [-0.2, -0.15) is 5.26 Å². The summed E-state index contributed by atoms with van der Waals surface area (Å²) in [6.07, 6.45) is 1.77. The number of aryl methyl sites for hydroxylation is 1. The molecule has 2 aromatic carbocycles. The number of ether oxygens (including phenoxy) is 3. The molecule has 142 valence electrons. The second-order valence-corrected chi connectivity index (χ2v) is 6.89. The normalized spacial score (nSPS) is 11.0. The Labute approximate surface area is 168 Å². The van der Waals surface area contributed by atoms with Crippen molar-refractivity contribution in [2.24, 2.45) is 0 Å². The third-order valence-electron chi connectivity index (χ3n) is 4.20. The molecule has 6 heteroatoms. The van der Waals surface area contributed by atoms with Gasteiger partial charge in [0.05, 0.1) is 32.6 Å². The van der Waals surface area contributed by atoms with Crippen LogP contribution in [0.3, 0.4) is 0 Å². The fourth-order valence-electron chi connectivity index (χ4n) is 2.75. The first-order valence-electron chi connectivity index (χ1n) is 8.54. The van der Waals surface area contributed by atoms with E-state index in [9.17, 15) is 5.26 Å². The molecule has 0 spiro atoms. The predicted molar refractivity (Wildman–Crippen MR) is 112 cm³/mol. The lowest BCUT2D eigenvalue weighted by molar-refractivity contribution is 0.324. The first kappa shape index (κ1) is 19.5. The molecule has 0 saturated carbocycles. The van der Waals surface area contributed by atoms with E-state index in [1.807, 2.05) is 36.6 Å². The Morgan fingerprint density at radius 1 is 1.04 bits per heavy atom. The number of hydrogen-bond donors (Lipinski definition) is 0. The average Bonchev–Trinajstić information content (AvgIpc) is 3.21. The molecular weight excluding hydrogens is 372 g/mol. The highest BCUT2D eigenvalue weighted by Gasteiger charge is 2.14. The molecule has 28 heavy (non-hydrogen) atoms. The van der Waals surface area contributed by atoms with Crippen LogP contribution in [0.15, 0.2) is 41.8 Å². The monoisotopic (exact) mass is 392 g/mol. The van der Waals surface area contributed by atoms with Crippen LogP contribution in [-0.2, 0) is 0 Å². The van der Waals surface area contributed by atoms with Crippen LogP contribution < -0.4 is 14.2 Å². The standard InChI is InChI=1S/C22H20N2O3S/c1-14-5-7-16(8-6-14)18-13-28-22(24-18)17(12-23)9-15-10-19(25-2)21(27-4)20(11-15)26-3/h5-11,13H,1-4H3. The lowest BCUT2D eigenvalue weighted by Gasteiger charge is -2.13. The summed E-state index contributed by atoms with van der Waals surface area (Å²) in [6, 6.07) is 14.0. The minimum Gasteiger partial charge on any atom is -0.493 e. The van der Waals surface area contributed by atoms with Crippen LogP contribution in [0.2, 0.25) is 0 Å². The molecule has 1 aromatic heterocycles. The quantitative estimate of drug-likeness (QED) is 0.539. The fraction of sp³-hybridized carbons (Fsp3) is 0.182. The second kappa shape index (κ2) is 8.59. The van der Waals surface area contributed by atoms with Crippen LogP contribution in [-0.4, -0.2) is 26.3 Å². The molecule has 0 atom stereocenters. The van der Waals surface area contributed by atoms with E-state index in [-0.39, 0.29) is 0 Å². The summed E-state index contributed by atoms with van der Waals surface area (Å²) in [7, 11) is 4.67. The number of hydrogen-bond acceptors (Lipinski definition) is 6. The van der Waals surface area contributed by atoms with Crippen LogP contribution in [0.5, 0.6) is 17.2 Å². The van der Waals surface area contributed by atoms with Crippen LogP contribution in [0.1, 0.15) is 16.1 Å². The fourth-order valence-corrected chi connectivity index (χ4v) is 3.54. The van der Waals surface area contributed by atoms with E-state index in [2.05, 4.69) is 11.1 Å². The third-order valence-corrected chi connectivity index (χ3v) is 5.08. The average molecular weight is 392 g/mol. The Balaban J connectivity index is 1.99. The number of allylic oxidation sites excluding steroid dienone is 1. The molecule has 0 bridgehead atoms. The molecule has 0 radical (unpaired) electrons. The molecule has 0 fully saturated rings. The summed E-state index contributed by atoms with van der Waals surface area (Å²) in [4.78, 5) is 4.64. The maximum absolute atomic E-state index is 9.67. The van der Waals surface area contributed by atoms with Gasteiger partial charge in [0.2, 0.25) is 5.75 Å². The highest BCUT2D eigenvalue weighted by molar-refractivity contribution is 7.11. The van der Waals surface area contributed by atoms with E-state index in [4.69, 9.17) is 14.2 Å². The first-order chi connectivity index (χ1) is 13.6. The molecule has 3 aromatic rings. The first-order valence-corrected chi connectivity index (χ1v) is 9.42. The van der Waals surface area contributed by atoms with Gasteiger partial charge in [0.1, 0.15) is 11.1 Å².